The molecule has 0 aromatic heterocycles. The van der Waals surface area contributed by atoms with Gasteiger partial charge in [-0.2, -0.15) is 0 Å². The van der Waals surface area contributed by atoms with Crippen molar-refractivity contribution in [1.82, 2.24) is 5.32 Å². The Morgan fingerprint density at radius 2 is 2.00 bits per heavy atom. The van der Waals surface area contributed by atoms with Crippen LogP contribution < -0.4 is 10.1 Å². The fraction of sp³-hybridized carbons (Fsp3) is 0.188. The summed E-state index contributed by atoms with van der Waals surface area (Å²) in [4.78, 5) is 12.2. The van der Waals surface area contributed by atoms with Gasteiger partial charge in [-0.3, -0.25) is 4.79 Å². The molecule has 2 aromatic rings. The molecule has 0 saturated carbocycles. The second kappa shape index (κ2) is 6.72. The molecular formula is C16H15BrFNO2. The van der Waals surface area contributed by atoms with Gasteiger partial charge in [-0.1, -0.05) is 18.2 Å². The lowest BCUT2D eigenvalue weighted by Gasteiger charge is -2.17. The van der Waals surface area contributed by atoms with Crippen LogP contribution in [0.4, 0.5) is 4.39 Å². The number of hydrogen-bond acceptors (Lipinski definition) is 2. The van der Waals surface area contributed by atoms with Crippen LogP contribution in [0.3, 0.4) is 0 Å². The van der Waals surface area contributed by atoms with E-state index < -0.39 is 5.82 Å². The Morgan fingerprint density at radius 3 is 2.67 bits per heavy atom. The topological polar surface area (TPSA) is 38.3 Å². The van der Waals surface area contributed by atoms with Crippen LogP contribution in [0.15, 0.2) is 46.9 Å². The number of benzene rings is 2. The number of carbonyl (C=O) groups excluding carboxylic acids is 1. The second-order valence-electron chi connectivity index (χ2n) is 4.57. The molecule has 0 fully saturated rings. The highest BCUT2D eigenvalue weighted by Crippen LogP contribution is 2.25. The molecule has 1 atom stereocenters. The molecule has 1 amide bonds. The Hall–Kier alpha value is -1.88. The van der Waals surface area contributed by atoms with Crippen LogP contribution in [-0.4, -0.2) is 13.0 Å². The van der Waals surface area contributed by atoms with E-state index in [0.29, 0.717) is 11.3 Å². The van der Waals surface area contributed by atoms with E-state index in [1.54, 1.807) is 7.11 Å². The van der Waals surface area contributed by atoms with E-state index in [0.717, 1.165) is 5.56 Å². The van der Waals surface area contributed by atoms with Gasteiger partial charge in [-0.25, -0.2) is 4.39 Å². The van der Waals surface area contributed by atoms with Crippen molar-refractivity contribution in [2.24, 2.45) is 0 Å². The lowest BCUT2D eigenvalue weighted by molar-refractivity contribution is 0.0939. The van der Waals surface area contributed by atoms with E-state index in [1.165, 1.54) is 18.2 Å². The van der Waals surface area contributed by atoms with Crippen molar-refractivity contribution < 1.29 is 13.9 Å². The lowest BCUT2D eigenvalue weighted by Crippen LogP contribution is -2.27. The van der Waals surface area contributed by atoms with Crippen LogP contribution in [0.1, 0.15) is 28.9 Å². The van der Waals surface area contributed by atoms with Crippen LogP contribution in [0, 0.1) is 5.82 Å². The Kier molecular flexibility index (Phi) is 4.96. The minimum absolute atomic E-state index is 0.225. The third-order valence-corrected chi connectivity index (χ3v) is 3.74. The molecule has 0 aliphatic heterocycles. The first-order valence-corrected chi connectivity index (χ1v) is 7.21. The molecule has 0 bridgehead atoms. The van der Waals surface area contributed by atoms with Crippen LogP contribution in [0.25, 0.3) is 0 Å². The van der Waals surface area contributed by atoms with Crippen LogP contribution in [0.5, 0.6) is 5.75 Å². The molecule has 110 valence electrons. The zero-order valence-corrected chi connectivity index (χ0v) is 13.3. The minimum Gasteiger partial charge on any atom is -0.496 e. The van der Waals surface area contributed by atoms with Gasteiger partial charge in [-0.15, -0.1) is 0 Å². The summed E-state index contributed by atoms with van der Waals surface area (Å²) in [6, 6.07) is 11.4. The van der Waals surface area contributed by atoms with Crippen molar-refractivity contribution in [3.63, 3.8) is 0 Å². The van der Waals surface area contributed by atoms with Gasteiger partial charge in [0, 0.05) is 11.1 Å². The molecule has 0 aliphatic carbocycles. The van der Waals surface area contributed by atoms with Crippen molar-refractivity contribution >= 4 is 21.8 Å². The molecule has 1 unspecified atom stereocenters. The summed E-state index contributed by atoms with van der Waals surface area (Å²) in [5, 5.41) is 2.87. The molecule has 0 radical (unpaired) electrons. The van der Waals surface area contributed by atoms with Gasteiger partial charge in [0.15, 0.2) is 0 Å². The summed E-state index contributed by atoms with van der Waals surface area (Å²) >= 11 is 3.07. The number of carbonyl (C=O) groups is 1. The Bertz CT molecular complexity index is 660. The van der Waals surface area contributed by atoms with E-state index in [-0.39, 0.29) is 16.4 Å². The SMILES string of the molecule is COc1ccccc1C(C)NC(=O)c1ccc(F)c(Br)c1. The van der Waals surface area contributed by atoms with Crippen molar-refractivity contribution in [1.29, 1.82) is 0 Å². The number of ether oxygens (including phenoxy) is 1. The van der Waals surface area contributed by atoms with Crippen LogP contribution in [0.2, 0.25) is 0 Å². The maximum Gasteiger partial charge on any atom is 0.251 e. The Labute approximate surface area is 131 Å². The van der Waals surface area contributed by atoms with Gasteiger partial charge < -0.3 is 10.1 Å². The van der Waals surface area contributed by atoms with E-state index in [4.69, 9.17) is 4.74 Å². The number of nitrogens with one attached hydrogen (secondary N) is 1. The molecule has 21 heavy (non-hydrogen) atoms. The maximum atomic E-state index is 13.2. The first-order valence-electron chi connectivity index (χ1n) is 6.41. The average Bonchev–Trinajstić information content (AvgIpc) is 2.49. The molecule has 2 rings (SSSR count). The third-order valence-electron chi connectivity index (χ3n) is 3.13. The van der Waals surface area contributed by atoms with Crippen molar-refractivity contribution in [3.05, 3.63) is 63.9 Å². The highest BCUT2D eigenvalue weighted by Gasteiger charge is 2.15. The largest absolute Gasteiger partial charge is 0.496 e. The van der Waals surface area contributed by atoms with Crippen LogP contribution >= 0.6 is 15.9 Å². The molecular weight excluding hydrogens is 337 g/mol. The van der Waals surface area contributed by atoms with E-state index in [9.17, 15) is 9.18 Å². The summed E-state index contributed by atoms with van der Waals surface area (Å²) in [6.45, 7) is 1.87. The van der Waals surface area contributed by atoms with Crippen molar-refractivity contribution in [2.75, 3.05) is 7.11 Å². The van der Waals surface area contributed by atoms with Gasteiger partial charge in [0.2, 0.25) is 0 Å². The zero-order chi connectivity index (χ0) is 15.4. The third kappa shape index (κ3) is 3.61. The van der Waals surface area contributed by atoms with E-state index in [2.05, 4.69) is 21.2 Å². The monoisotopic (exact) mass is 351 g/mol. The smallest absolute Gasteiger partial charge is 0.251 e. The Balaban J connectivity index is 2.16. The number of amides is 1. The highest BCUT2D eigenvalue weighted by atomic mass is 79.9. The Morgan fingerprint density at radius 1 is 1.29 bits per heavy atom. The maximum absolute atomic E-state index is 13.2. The second-order valence-corrected chi connectivity index (χ2v) is 5.42. The summed E-state index contributed by atoms with van der Waals surface area (Å²) < 4.78 is 18.7. The first kappa shape index (κ1) is 15.5. The normalized spacial score (nSPS) is 11.8. The van der Waals surface area contributed by atoms with Gasteiger partial charge in [0.05, 0.1) is 17.6 Å². The number of rotatable bonds is 4. The lowest BCUT2D eigenvalue weighted by atomic mass is 10.1. The molecule has 0 saturated heterocycles. The standard InChI is InChI=1S/C16H15BrFNO2/c1-10(12-5-3-4-6-15(12)21-2)19-16(20)11-7-8-14(18)13(17)9-11/h3-10H,1-2H3,(H,19,20). The predicted molar refractivity (Wildman–Crippen MR) is 83.0 cm³/mol. The molecule has 5 heteroatoms. The molecule has 0 aliphatic rings. The van der Waals surface area contributed by atoms with E-state index in [1.807, 2.05) is 31.2 Å². The van der Waals surface area contributed by atoms with Crippen molar-refractivity contribution in [2.45, 2.75) is 13.0 Å². The summed E-state index contributed by atoms with van der Waals surface area (Å²) in [5.74, 6) is 0.0454. The molecule has 0 spiro atoms. The predicted octanol–water partition coefficient (Wildman–Crippen LogP) is 4.09. The van der Waals surface area contributed by atoms with Crippen molar-refractivity contribution in [3.8, 4) is 5.75 Å². The summed E-state index contributed by atoms with van der Waals surface area (Å²) in [6.07, 6.45) is 0. The summed E-state index contributed by atoms with van der Waals surface area (Å²) in [7, 11) is 1.59. The average molecular weight is 352 g/mol. The van der Waals surface area contributed by atoms with Gasteiger partial charge in [0.1, 0.15) is 11.6 Å². The quantitative estimate of drug-likeness (QED) is 0.900. The molecule has 1 N–H and O–H groups in total. The molecule has 0 heterocycles. The number of methoxy groups -OCH3 is 1. The fourth-order valence-corrected chi connectivity index (χ4v) is 2.40. The number of hydrogen-bond donors (Lipinski definition) is 1. The zero-order valence-electron chi connectivity index (χ0n) is 11.7. The summed E-state index contributed by atoms with van der Waals surface area (Å²) in [5.41, 5.74) is 1.28. The van der Waals surface area contributed by atoms with Gasteiger partial charge in [0.25, 0.3) is 5.91 Å². The van der Waals surface area contributed by atoms with E-state index >= 15 is 0 Å². The molecule has 3 nitrogen and oxygen atoms in total. The van der Waals surface area contributed by atoms with Gasteiger partial charge in [-0.05, 0) is 47.1 Å². The van der Waals surface area contributed by atoms with Crippen LogP contribution in [-0.2, 0) is 0 Å². The number of para-hydroxylation sites is 1. The minimum atomic E-state index is -0.399. The number of halogens is 2. The fourth-order valence-electron chi connectivity index (χ4n) is 2.02. The molecule has 2 aromatic carbocycles. The van der Waals surface area contributed by atoms with Gasteiger partial charge >= 0.3 is 0 Å². The first-order chi connectivity index (χ1) is 10.0. The highest BCUT2D eigenvalue weighted by molar-refractivity contribution is 9.10.